The molecule has 28 heavy (non-hydrogen) atoms. The Labute approximate surface area is 169 Å². The van der Waals surface area contributed by atoms with Crippen LogP contribution in [-0.4, -0.2) is 31.8 Å². The molecule has 3 aliphatic rings. The molecule has 1 N–H and O–H groups in total. The number of Topliss-reactive ketones (excluding diaryl/α,β-unsaturated/α-hetero) is 1. The third-order valence-corrected chi connectivity index (χ3v) is 7.61. The number of aryl methyl sites for hydroxylation is 1. The molecule has 0 heterocycles. The van der Waals surface area contributed by atoms with Gasteiger partial charge >= 0.3 is 0 Å². The van der Waals surface area contributed by atoms with E-state index in [1.807, 2.05) is 13.8 Å². The van der Waals surface area contributed by atoms with E-state index in [2.05, 4.69) is 30.4 Å². The average molecular weight is 386 g/mol. The molecule has 0 aliphatic heterocycles. The maximum Gasteiger partial charge on any atom is 0.174 e. The number of benzene rings is 1. The number of ketones is 1. The van der Waals surface area contributed by atoms with Crippen LogP contribution in [0.5, 0.6) is 0 Å². The van der Waals surface area contributed by atoms with Crippen molar-refractivity contribution < 1.29 is 14.3 Å². The quantitative estimate of drug-likeness (QED) is 0.677. The van der Waals surface area contributed by atoms with Crippen molar-refractivity contribution in [3.63, 3.8) is 0 Å². The van der Waals surface area contributed by atoms with E-state index in [9.17, 15) is 4.79 Å². The molecule has 4 rings (SSSR count). The lowest BCUT2D eigenvalue weighted by Crippen LogP contribution is -2.42. The van der Waals surface area contributed by atoms with Crippen molar-refractivity contribution in [2.24, 2.45) is 17.3 Å². The zero-order valence-electron chi connectivity index (χ0n) is 17.6. The van der Waals surface area contributed by atoms with Crippen LogP contribution < -0.4 is 5.32 Å². The first-order chi connectivity index (χ1) is 13.6. The van der Waals surface area contributed by atoms with Gasteiger partial charge in [-0.1, -0.05) is 13.0 Å². The molecule has 0 spiro atoms. The molecule has 0 saturated heterocycles. The average Bonchev–Trinajstić information content (AvgIpc) is 3.01. The molecule has 0 aromatic heterocycles. The molecular weight excluding hydrogens is 350 g/mol. The zero-order valence-corrected chi connectivity index (χ0v) is 17.6. The summed E-state index contributed by atoms with van der Waals surface area (Å²) in [5.74, 6) is 2.46. The Morgan fingerprint density at radius 2 is 1.93 bits per heavy atom. The van der Waals surface area contributed by atoms with Crippen LogP contribution in [0.1, 0.15) is 69.9 Å². The van der Waals surface area contributed by atoms with Gasteiger partial charge in [0.2, 0.25) is 0 Å². The predicted octanol–water partition coefficient (Wildman–Crippen LogP) is 4.92. The van der Waals surface area contributed by atoms with Gasteiger partial charge in [-0.2, -0.15) is 0 Å². The molecule has 154 valence electrons. The van der Waals surface area contributed by atoms with E-state index in [4.69, 9.17) is 9.47 Å². The third-order valence-electron chi connectivity index (χ3n) is 7.61. The largest absolute Gasteiger partial charge is 0.380 e. The molecule has 4 atom stereocenters. The maximum atomic E-state index is 12.5. The highest BCUT2D eigenvalue weighted by molar-refractivity contribution is 5.87. The first-order valence-electron chi connectivity index (χ1n) is 11.2. The second-order valence-corrected chi connectivity index (χ2v) is 8.97. The number of carbonyl (C=O) groups is 1. The van der Waals surface area contributed by atoms with Crippen LogP contribution in [0, 0.1) is 17.3 Å². The summed E-state index contributed by atoms with van der Waals surface area (Å²) in [5, 5.41) is 3.49. The Bertz CT molecular complexity index is 712. The molecule has 2 saturated carbocycles. The lowest BCUT2D eigenvalue weighted by Gasteiger charge is -2.48. The number of ether oxygens (including phenoxy) is 2. The second-order valence-electron chi connectivity index (χ2n) is 8.97. The second kappa shape index (κ2) is 8.16. The van der Waals surface area contributed by atoms with Gasteiger partial charge in [-0.3, -0.25) is 4.79 Å². The lowest BCUT2D eigenvalue weighted by molar-refractivity contribution is -0.129. The SMILES string of the molecule is CCOC(CNc1ccc2c(c1)CCC1C2CC[C@]2(C)C(=O)CCC12)OCC. The van der Waals surface area contributed by atoms with Gasteiger partial charge < -0.3 is 14.8 Å². The van der Waals surface area contributed by atoms with E-state index in [-0.39, 0.29) is 11.7 Å². The van der Waals surface area contributed by atoms with Crippen molar-refractivity contribution >= 4 is 11.5 Å². The van der Waals surface area contributed by atoms with Crippen LogP contribution >= 0.6 is 0 Å². The minimum Gasteiger partial charge on any atom is -0.380 e. The standard InChI is InChI=1S/C24H35NO3/c1-4-27-23(28-5-2)15-25-17-7-9-18-16(14-17)6-8-20-19(18)12-13-24(3)21(20)10-11-22(24)26/h7,9,14,19-21,23,25H,4-6,8,10-13,15H2,1-3H3/t19?,20?,21?,24-/m0/s1. The summed E-state index contributed by atoms with van der Waals surface area (Å²) >= 11 is 0. The first-order valence-corrected chi connectivity index (χ1v) is 11.2. The summed E-state index contributed by atoms with van der Waals surface area (Å²) in [6, 6.07) is 6.88. The van der Waals surface area contributed by atoms with Crippen LogP contribution in [0.15, 0.2) is 18.2 Å². The van der Waals surface area contributed by atoms with Gasteiger partial charge in [0.25, 0.3) is 0 Å². The predicted molar refractivity (Wildman–Crippen MR) is 112 cm³/mol. The molecule has 1 aromatic rings. The van der Waals surface area contributed by atoms with Crippen LogP contribution in [0.4, 0.5) is 5.69 Å². The van der Waals surface area contributed by atoms with Crippen LogP contribution in [-0.2, 0) is 20.7 Å². The van der Waals surface area contributed by atoms with Gasteiger partial charge in [0, 0.05) is 30.7 Å². The Morgan fingerprint density at radius 3 is 2.68 bits per heavy atom. The summed E-state index contributed by atoms with van der Waals surface area (Å²) in [4.78, 5) is 12.5. The van der Waals surface area contributed by atoms with E-state index in [1.165, 1.54) is 24.0 Å². The normalized spacial score (nSPS) is 31.4. The zero-order chi connectivity index (χ0) is 19.7. The number of carbonyl (C=O) groups excluding carboxylic acids is 1. The van der Waals surface area contributed by atoms with E-state index >= 15 is 0 Å². The van der Waals surface area contributed by atoms with Gasteiger partial charge in [-0.25, -0.2) is 0 Å². The fraction of sp³-hybridized carbons (Fsp3) is 0.708. The minimum atomic E-state index is -0.202. The third kappa shape index (κ3) is 3.50. The van der Waals surface area contributed by atoms with E-state index in [0.717, 1.165) is 31.4 Å². The van der Waals surface area contributed by atoms with Crippen molar-refractivity contribution in [1.29, 1.82) is 0 Å². The van der Waals surface area contributed by atoms with Crippen molar-refractivity contribution in [2.45, 2.75) is 71.5 Å². The number of hydrogen-bond donors (Lipinski definition) is 1. The Kier molecular flexibility index (Phi) is 5.80. The fourth-order valence-corrected chi connectivity index (χ4v) is 6.20. The van der Waals surface area contributed by atoms with E-state index in [1.54, 1.807) is 0 Å². The molecular formula is C24H35NO3. The van der Waals surface area contributed by atoms with Crippen molar-refractivity contribution in [3.8, 4) is 0 Å². The Morgan fingerprint density at radius 1 is 1.14 bits per heavy atom. The number of hydrogen-bond acceptors (Lipinski definition) is 4. The van der Waals surface area contributed by atoms with Gasteiger partial charge in [0.15, 0.2) is 6.29 Å². The van der Waals surface area contributed by atoms with Gasteiger partial charge in [0.05, 0.1) is 6.54 Å². The number of rotatable bonds is 7. The lowest BCUT2D eigenvalue weighted by atomic mass is 9.55. The number of nitrogens with one attached hydrogen (secondary N) is 1. The maximum absolute atomic E-state index is 12.5. The van der Waals surface area contributed by atoms with Gasteiger partial charge in [0.1, 0.15) is 5.78 Å². The van der Waals surface area contributed by atoms with Crippen molar-refractivity contribution in [1.82, 2.24) is 0 Å². The monoisotopic (exact) mass is 385 g/mol. The molecule has 3 aliphatic carbocycles. The topological polar surface area (TPSA) is 47.6 Å². The van der Waals surface area contributed by atoms with Crippen LogP contribution in [0.25, 0.3) is 0 Å². The summed E-state index contributed by atoms with van der Waals surface area (Å²) in [6.45, 7) is 8.21. The first kappa shape index (κ1) is 19.9. The molecule has 0 radical (unpaired) electrons. The Hall–Kier alpha value is -1.39. The molecule has 3 unspecified atom stereocenters. The molecule has 1 aromatic carbocycles. The van der Waals surface area contributed by atoms with E-state index < -0.39 is 0 Å². The summed E-state index contributed by atoms with van der Waals surface area (Å²) in [7, 11) is 0. The molecule has 4 nitrogen and oxygen atoms in total. The highest BCUT2D eigenvalue weighted by Gasteiger charge is 2.54. The highest BCUT2D eigenvalue weighted by Crippen LogP contribution is 2.59. The number of fused-ring (bicyclic) bond motifs is 5. The van der Waals surface area contributed by atoms with Gasteiger partial charge in [-0.15, -0.1) is 0 Å². The molecule has 0 amide bonds. The van der Waals surface area contributed by atoms with E-state index in [0.29, 0.717) is 43.3 Å². The fourth-order valence-electron chi connectivity index (χ4n) is 6.20. The summed E-state index contributed by atoms with van der Waals surface area (Å²) in [5.41, 5.74) is 4.14. The molecule has 2 fully saturated rings. The van der Waals surface area contributed by atoms with Crippen molar-refractivity contribution in [2.75, 3.05) is 25.1 Å². The van der Waals surface area contributed by atoms with Crippen molar-refractivity contribution in [3.05, 3.63) is 29.3 Å². The molecule has 0 bridgehead atoms. The Balaban J connectivity index is 1.46. The van der Waals surface area contributed by atoms with Crippen LogP contribution in [0.2, 0.25) is 0 Å². The molecule has 4 heteroatoms. The van der Waals surface area contributed by atoms with Gasteiger partial charge in [-0.05, 0) is 87.0 Å². The van der Waals surface area contributed by atoms with Crippen LogP contribution in [0.3, 0.4) is 0 Å². The smallest absolute Gasteiger partial charge is 0.174 e. The minimum absolute atomic E-state index is 0.0340. The number of anilines is 1. The summed E-state index contributed by atoms with van der Waals surface area (Å²) < 4.78 is 11.3. The highest BCUT2D eigenvalue weighted by atomic mass is 16.7. The summed E-state index contributed by atoms with van der Waals surface area (Å²) in [6.07, 6.45) is 6.32.